The van der Waals surface area contributed by atoms with Crippen LogP contribution in [0.1, 0.15) is 20.8 Å². The van der Waals surface area contributed by atoms with Crippen molar-refractivity contribution in [3.63, 3.8) is 0 Å². The van der Waals surface area contributed by atoms with E-state index in [9.17, 15) is 14.4 Å². The summed E-state index contributed by atoms with van der Waals surface area (Å²) >= 11 is 0. The number of rotatable bonds is 5. The van der Waals surface area contributed by atoms with E-state index in [1.807, 2.05) is 0 Å². The van der Waals surface area contributed by atoms with E-state index in [1.54, 1.807) is 0 Å². The predicted octanol–water partition coefficient (Wildman–Crippen LogP) is 1.81. The third kappa shape index (κ3) is 2.79. The van der Waals surface area contributed by atoms with Gasteiger partial charge in [0.25, 0.3) is 0 Å². The van der Waals surface area contributed by atoms with Gasteiger partial charge < -0.3 is 0 Å². The molecule has 0 spiro atoms. The van der Waals surface area contributed by atoms with Crippen molar-refractivity contribution in [2.75, 3.05) is 21.3 Å². The summed E-state index contributed by atoms with van der Waals surface area (Å²) in [6.45, 7) is 3.77. The van der Waals surface area contributed by atoms with Gasteiger partial charge >= 0.3 is 130 Å². The summed E-state index contributed by atoms with van der Waals surface area (Å²) in [5.74, 6) is 5.56. The first-order valence-corrected chi connectivity index (χ1v) is 10.7. The second kappa shape index (κ2) is 7.07. The van der Waals surface area contributed by atoms with Crippen LogP contribution >= 0.6 is 23.7 Å². The van der Waals surface area contributed by atoms with Crippen LogP contribution in [0.3, 0.4) is 0 Å². The van der Waals surface area contributed by atoms with E-state index in [0.29, 0.717) is 0 Å². The number of hydrazine groups is 1. The van der Waals surface area contributed by atoms with Crippen molar-refractivity contribution in [3.8, 4) is 0 Å². The van der Waals surface area contributed by atoms with Crippen molar-refractivity contribution in [2.45, 2.75) is 20.8 Å². The number of carbonyl (C=O) groups is 3. The second-order valence-corrected chi connectivity index (χ2v) is 12.8. The summed E-state index contributed by atoms with van der Waals surface area (Å²) in [7, 11) is -5.25. The number of hydrogen-bond donors (Lipinski definition) is 1. The van der Waals surface area contributed by atoms with Crippen LogP contribution in [0, 0.1) is 0 Å². The molecule has 0 fully saturated rings. The van der Waals surface area contributed by atoms with E-state index in [0.717, 1.165) is 8.99 Å². The van der Waals surface area contributed by atoms with Crippen LogP contribution in [0.2, 0.25) is 0 Å². The Kier molecular flexibility index (Phi) is 6.35. The average Bonchev–Trinajstić information content (AvgIpc) is 2.46. The molecule has 0 aromatic carbocycles. The monoisotopic (exact) mass is 374 g/mol. The fraction of sp³-hybridized carbons (Fsp3) is 0.667. The zero-order chi connectivity index (χ0) is 17.3. The van der Waals surface area contributed by atoms with Crippen molar-refractivity contribution in [1.82, 2.24) is 8.99 Å². The van der Waals surface area contributed by atoms with Crippen molar-refractivity contribution < 1.29 is 28.0 Å². The molecule has 0 saturated heterocycles. The van der Waals surface area contributed by atoms with Gasteiger partial charge in [-0.25, -0.2) is 0 Å². The van der Waals surface area contributed by atoms with E-state index < -0.39 is 35.1 Å². The van der Waals surface area contributed by atoms with Gasteiger partial charge in [-0.2, -0.15) is 0 Å². The van der Waals surface area contributed by atoms with E-state index >= 15 is 0 Å². The summed E-state index contributed by atoms with van der Waals surface area (Å²) in [5.41, 5.74) is -0.846. The van der Waals surface area contributed by atoms with Crippen molar-refractivity contribution >= 4 is 40.6 Å². The van der Waals surface area contributed by atoms with Crippen LogP contribution < -0.4 is 5.84 Å². The molecule has 0 aromatic heterocycles. The van der Waals surface area contributed by atoms with Crippen molar-refractivity contribution in [3.05, 3.63) is 0 Å². The molecule has 0 bridgehead atoms. The number of nitrogens with two attached hydrogens (primary N) is 1. The summed E-state index contributed by atoms with van der Waals surface area (Å²) in [6, 6.07) is 0. The summed E-state index contributed by atoms with van der Waals surface area (Å²) in [6.07, 6.45) is 0. The first-order valence-electron chi connectivity index (χ1n) is 6.11. The Labute approximate surface area is 130 Å². The van der Waals surface area contributed by atoms with Crippen LogP contribution in [0.4, 0.5) is 0 Å². The van der Waals surface area contributed by atoms with Crippen molar-refractivity contribution in [1.29, 1.82) is 0 Å². The molecule has 128 valence electrons. The third-order valence-electron chi connectivity index (χ3n) is 3.06. The van der Waals surface area contributed by atoms with Gasteiger partial charge in [0.05, 0.1) is 0 Å². The molecule has 22 heavy (non-hydrogen) atoms. The third-order valence-corrected chi connectivity index (χ3v) is 13.3. The summed E-state index contributed by atoms with van der Waals surface area (Å²) in [4.78, 5) is 36.5. The van der Waals surface area contributed by atoms with Gasteiger partial charge in [0.1, 0.15) is 0 Å². The number of carbonyl (C=O) groups excluding carboxylic acids is 3. The fourth-order valence-electron chi connectivity index (χ4n) is 2.10. The number of nitrogens with zero attached hydrogens (tertiary/aromatic N) is 3. The molecule has 0 radical (unpaired) electrons. The fourth-order valence-corrected chi connectivity index (χ4v) is 13.8. The van der Waals surface area contributed by atoms with E-state index in [2.05, 4.69) is 4.52 Å². The maximum absolute atomic E-state index is 12.4. The zero-order valence-corrected chi connectivity index (χ0v) is 16.1. The molecule has 1 atom stereocenters. The number of amides is 1. The first-order chi connectivity index (χ1) is 10.1. The molecule has 0 saturated carbocycles. The Morgan fingerprint density at radius 1 is 1.14 bits per heavy atom. The average molecular weight is 374 g/mol. The molecule has 1 heterocycles. The van der Waals surface area contributed by atoms with E-state index in [4.69, 9.17) is 19.4 Å². The minimum absolute atomic E-state index is 0.382. The molecule has 1 aliphatic rings. The SMILES string of the molecule is COP1(OC)=NP(C(C)=O)N(C(C)=O)[PH](OC)(C(C)=O)N1N. The topological polar surface area (TPSA) is 124 Å². The van der Waals surface area contributed by atoms with Crippen LogP contribution in [-0.4, -0.2) is 47.3 Å². The van der Waals surface area contributed by atoms with Crippen molar-refractivity contribution in [2.24, 2.45) is 10.4 Å². The molecule has 13 heteroatoms. The Balaban J connectivity index is 3.81. The van der Waals surface area contributed by atoms with Gasteiger partial charge in [-0.15, -0.1) is 0 Å². The normalized spacial score (nSPS) is 25.2. The van der Waals surface area contributed by atoms with Crippen LogP contribution in [0.5, 0.6) is 0 Å². The molecule has 1 amide bonds. The maximum atomic E-state index is 12.4. The zero-order valence-electron chi connectivity index (χ0n) is 13.3. The molecule has 1 rings (SSSR count). The molecule has 1 unspecified atom stereocenters. The van der Waals surface area contributed by atoms with Gasteiger partial charge in [-0.05, 0) is 0 Å². The Hall–Kier alpha value is -0.300. The van der Waals surface area contributed by atoms with Gasteiger partial charge in [0, 0.05) is 0 Å². The molecular weight excluding hydrogens is 353 g/mol. The molecule has 10 nitrogen and oxygen atoms in total. The van der Waals surface area contributed by atoms with E-state index in [-0.39, 0.29) is 5.52 Å². The quantitative estimate of drug-likeness (QED) is 0.571. The van der Waals surface area contributed by atoms with Gasteiger partial charge in [-0.1, -0.05) is 0 Å². The van der Waals surface area contributed by atoms with Crippen LogP contribution in [0.25, 0.3) is 0 Å². The van der Waals surface area contributed by atoms with Gasteiger partial charge in [0.2, 0.25) is 0 Å². The molecule has 2 N–H and O–H groups in total. The molecule has 0 aliphatic carbocycles. The van der Waals surface area contributed by atoms with Crippen LogP contribution in [-0.2, 0) is 28.0 Å². The number of hydrogen-bond acceptors (Lipinski definition) is 9. The molecule has 1 aliphatic heterocycles. The minimum atomic E-state index is -3.86. The van der Waals surface area contributed by atoms with E-state index in [1.165, 1.54) is 42.1 Å². The van der Waals surface area contributed by atoms with Gasteiger partial charge in [-0.3, -0.25) is 0 Å². The molecule has 0 aromatic rings. The molecular formula is C9H21N4O6P3. The van der Waals surface area contributed by atoms with Gasteiger partial charge in [0.15, 0.2) is 0 Å². The summed E-state index contributed by atoms with van der Waals surface area (Å²) < 4.78 is 22.4. The Morgan fingerprint density at radius 3 is 1.91 bits per heavy atom. The standard InChI is InChI=1S/C9H21N4O6P3/c1-7(14)12-20(8(2)15)11-22(18-5,19-6)13(10)21(12,17-4)9(3)16/h21H,10H2,1-6H3. The Bertz CT molecular complexity index is 549. The second-order valence-electron chi connectivity index (χ2n) is 4.30. The van der Waals surface area contributed by atoms with Crippen LogP contribution in [0.15, 0.2) is 4.52 Å². The Morgan fingerprint density at radius 2 is 1.64 bits per heavy atom. The predicted molar refractivity (Wildman–Crippen MR) is 85.5 cm³/mol. The first kappa shape index (κ1) is 19.7. The summed E-state index contributed by atoms with van der Waals surface area (Å²) in [5, 5.41) is 0.